The van der Waals surface area contributed by atoms with Gasteiger partial charge in [0.25, 0.3) is 5.91 Å². The Morgan fingerprint density at radius 2 is 1.70 bits per heavy atom. The second-order valence-corrected chi connectivity index (χ2v) is 6.39. The number of ether oxygens (including phenoxy) is 1. The molecular formula is C20H22N2O5. The second kappa shape index (κ2) is 9.38. The Kier molecular flexibility index (Phi) is 6.93. The van der Waals surface area contributed by atoms with E-state index in [1.165, 1.54) is 0 Å². The van der Waals surface area contributed by atoms with E-state index in [9.17, 15) is 14.4 Å². The van der Waals surface area contributed by atoms with Crippen LogP contribution in [0.5, 0.6) is 5.75 Å². The van der Waals surface area contributed by atoms with Gasteiger partial charge in [-0.1, -0.05) is 19.9 Å². The molecule has 0 radical (unpaired) electrons. The zero-order valence-electron chi connectivity index (χ0n) is 15.2. The van der Waals surface area contributed by atoms with Crippen molar-refractivity contribution in [2.45, 2.75) is 20.3 Å². The van der Waals surface area contributed by atoms with Crippen LogP contribution in [-0.2, 0) is 9.59 Å². The smallest absolute Gasteiger partial charge is 0.341 e. The molecule has 0 aliphatic rings. The summed E-state index contributed by atoms with van der Waals surface area (Å²) in [4.78, 5) is 34.7. The van der Waals surface area contributed by atoms with Crippen molar-refractivity contribution in [3.05, 3.63) is 54.1 Å². The summed E-state index contributed by atoms with van der Waals surface area (Å²) >= 11 is 0. The molecule has 0 aliphatic heterocycles. The number of rotatable bonds is 8. The lowest BCUT2D eigenvalue weighted by atomic mass is 10.1. The second-order valence-electron chi connectivity index (χ2n) is 6.39. The summed E-state index contributed by atoms with van der Waals surface area (Å²) in [6.07, 6.45) is 0.433. The van der Waals surface area contributed by atoms with Gasteiger partial charge in [-0.2, -0.15) is 0 Å². The Labute approximate surface area is 157 Å². The Morgan fingerprint density at radius 1 is 1.00 bits per heavy atom. The number of hydrogen-bond acceptors (Lipinski definition) is 4. The van der Waals surface area contributed by atoms with E-state index >= 15 is 0 Å². The fourth-order valence-corrected chi connectivity index (χ4v) is 2.30. The summed E-state index contributed by atoms with van der Waals surface area (Å²) in [5, 5.41) is 14.1. The van der Waals surface area contributed by atoms with Crippen molar-refractivity contribution in [3.8, 4) is 5.75 Å². The molecule has 0 spiro atoms. The molecule has 0 unspecified atom stereocenters. The van der Waals surface area contributed by atoms with Gasteiger partial charge in [-0.15, -0.1) is 0 Å². The number of carboxylic acid groups (broad SMARTS) is 1. The first kappa shape index (κ1) is 20.0. The molecule has 3 N–H and O–H groups in total. The minimum atomic E-state index is -1.08. The van der Waals surface area contributed by atoms with Crippen LogP contribution in [0, 0.1) is 5.92 Å². The van der Waals surface area contributed by atoms with Crippen molar-refractivity contribution in [1.29, 1.82) is 0 Å². The van der Waals surface area contributed by atoms with E-state index in [4.69, 9.17) is 9.84 Å². The molecule has 0 aliphatic carbocycles. The first-order valence-electron chi connectivity index (χ1n) is 8.49. The van der Waals surface area contributed by atoms with Gasteiger partial charge in [0, 0.05) is 29.4 Å². The van der Waals surface area contributed by atoms with Crippen molar-refractivity contribution < 1.29 is 24.2 Å². The molecule has 0 bridgehead atoms. The topological polar surface area (TPSA) is 105 Å². The Balaban J connectivity index is 1.97. The molecule has 2 rings (SSSR count). The van der Waals surface area contributed by atoms with Gasteiger partial charge in [0.2, 0.25) is 5.91 Å². The van der Waals surface area contributed by atoms with Gasteiger partial charge in [-0.25, -0.2) is 4.79 Å². The maximum absolute atomic E-state index is 12.3. The predicted octanol–water partition coefficient (Wildman–Crippen LogP) is 3.39. The maximum atomic E-state index is 12.3. The monoisotopic (exact) mass is 370 g/mol. The first-order chi connectivity index (χ1) is 12.8. The van der Waals surface area contributed by atoms with Crippen LogP contribution in [0.25, 0.3) is 0 Å². The number of nitrogens with one attached hydrogen (secondary N) is 2. The van der Waals surface area contributed by atoms with Crippen LogP contribution in [0.3, 0.4) is 0 Å². The number of amides is 2. The zero-order valence-corrected chi connectivity index (χ0v) is 15.2. The average Bonchev–Trinajstić information content (AvgIpc) is 2.60. The molecule has 0 aromatic heterocycles. The molecule has 2 aromatic rings. The van der Waals surface area contributed by atoms with Crippen LogP contribution < -0.4 is 15.4 Å². The van der Waals surface area contributed by atoms with Crippen LogP contribution in [-0.4, -0.2) is 29.5 Å². The van der Waals surface area contributed by atoms with Gasteiger partial charge in [-0.05, 0) is 42.3 Å². The third kappa shape index (κ3) is 6.81. The summed E-state index contributed by atoms with van der Waals surface area (Å²) in [5.41, 5.74) is 1.53. The van der Waals surface area contributed by atoms with Crippen molar-refractivity contribution in [2.75, 3.05) is 17.2 Å². The minimum absolute atomic E-state index is 0.0691. The summed E-state index contributed by atoms with van der Waals surface area (Å²) in [5.74, 6) is -0.862. The standard InChI is InChI=1S/C20H22N2O5/c1-13(2)10-18(23)21-15-8-6-14(7-9-15)20(26)22-16-4-3-5-17(11-16)27-12-19(24)25/h3-9,11,13H,10,12H2,1-2H3,(H,21,23)(H,22,26)(H,24,25). The first-order valence-corrected chi connectivity index (χ1v) is 8.49. The summed E-state index contributed by atoms with van der Waals surface area (Å²) in [7, 11) is 0. The van der Waals surface area contributed by atoms with Crippen LogP contribution in [0.4, 0.5) is 11.4 Å². The lowest BCUT2D eigenvalue weighted by Gasteiger charge is -2.09. The molecule has 0 atom stereocenters. The highest BCUT2D eigenvalue weighted by molar-refractivity contribution is 6.04. The number of benzene rings is 2. The third-order valence-corrected chi connectivity index (χ3v) is 3.48. The normalized spacial score (nSPS) is 10.3. The molecule has 0 fully saturated rings. The summed E-state index contributed by atoms with van der Waals surface area (Å²) < 4.78 is 5.08. The molecule has 7 heteroatoms. The lowest BCUT2D eigenvalue weighted by molar-refractivity contribution is -0.139. The number of carboxylic acids is 1. The maximum Gasteiger partial charge on any atom is 0.341 e. The molecule has 142 valence electrons. The fraction of sp³-hybridized carbons (Fsp3) is 0.250. The Hall–Kier alpha value is -3.35. The molecule has 27 heavy (non-hydrogen) atoms. The van der Waals surface area contributed by atoms with Gasteiger partial charge < -0.3 is 20.5 Å². The van der Waals surface area contributed by atoms with Crippen molar-refractivity contribution >= 4 is 29.2 Å². The van der Waals surface area contributed by atoms with E-state index in [1.807, 2.05) is 13.8 Å². The van der Waals surface area contributed by atoms with Crippen molar-refractivity contribution in [2.24, 2.45) is 5.92 Å². The van der Waals surface area contributed by atoms with E-state index in [-0.39, 0.29) is 17.7 Å². The molecule has 7 nitrogen and oxygen atoms in total. The van der Waals surface area contributed by atoms with Crippen LogP contribution >= 0.6 is 0 Å². The lowest BCUT2D eigenvalue weighted by Crippen LogP contribution is -2.15. The fourth-order valence-electron chi connectivity index (χ4n) is 2.30. The molecule has 0 saturated heterocycles. The van der Waals surface area contributed by atoms with Gasteiger partial charge >= 0.3 is 5.97 Å². The van der Waals surface area contributed by atoms with Crippen molar-refractivity contribution in [3.63, 3.8) is 0 Å². The highest BCUT2D eigenvalue weighted by Gasteiger charge is 2.09. The van der Waals surface area contributed by atoms with E-state index in [1.54, 1.807) is 48.5 Å². The molecule has 0 saturated carbocycles. The summed E-state index contributed by atoms with van der Waals surface area (Å²) in [6.45, 7) is 3.48. The highest BCUT2D eigenvalue weighted by atomic mass is 16.5. The summed E-state index contributed by atoms with van der Waals surface area (Å²) in [6, 6.07) is 13.0. The van der Waals surface area contributed by atoms with Crippen LogP contribution in [0.15, 0.2) is 48.5 Å². The number of anilines is 2. The number of aliphatic carboxylic acids is 1. The number of hydrogen-bond donors (Lipinski definition) is 3. The third-order valence-electron chi connectivity index (χ3n) is 3.48. The van der Waals surface area contributed by atoms with E-state index < -0.39 is 12.6 Å². The number of carbonyl (C=O) groups is 3. The quantitative estimate of drug-likeness (QED) is 0.661. The van der Waals surface area contributed by atoms with Gasteiger partial charge in [-0.3, -0.25) is 9.59 Å². The molecular weight excluding hydrogens is 348 g/mol. The Bertz CT molecular complexity index is 815. The predicted molar refractivity (Wildman–Crippen MR) is 102 cm³/mol. The largest absolute Gasteiger partial charge is 0.482 e. The van der Waals surface area contributed by atoms with Gasteiger partial charge in [0.1, 0.15) is 5.75 Å². The van der Waals surface area contributed by atoms with E-state index in [2.05, 4.69) is 10.6 Å². The van der Waals surface area contributed by atoms with Crippen LogP contribution in [0.1, 0.15) is 30.6 Å². The van der Waals surface area contributed by atoms with Crippen LogP contribution in [0.2, 0.25) is 0 Å². The average molecular weight is 370 g/mol. The van der Waals surface area contributed by atoms with Gasteiger partial charge in [0.15, 0.2) is 6.61 Å². The molecule has 0 heterocycles. The van der Waals surface area contributed by atoms with Crippen molar-refractivity contribution in [1.82, 2.24) is 0 Å². The SMILES string of the molecule is CC(C)CC(=O)Nc1ccc(C(=O)Nc2cccc(OCC(=O)O)c2)cc1. The highest BCUT2D eigenvalue weighted by Crippen LogP contribution is 2.19. The van der Waals surface area contributed by atoms with E-state index in [0.29, 0.717) is 29.1 Å². The molecule has 2 amide bonds. The number of carbonyl (C=O) groups excluding carboxylic acids is 2. The minimum Gasteiger partial charge on any atom is -0.482 e. The van der Waals surface area contributed by atoms with Gasteiger partial charge in [0.05, 0.1) is 0 Å². The Morgan fingerprint density at radius 3 is 2.33 bits per heavy atom. The zero-order chi connectivity index (χ0) is 19.8. The molecule has 2 aromatic carbocycles. The van der Waals surface area contributed by atoms with E-state index in [0.717, 1.165) is 0 Å².